The molecule has 0 bridgehead atoms. The fourth-order valence-electron chi connectivity index (χ4n) is 4.52. The molecule has 4 rings (SSSR count). The molecule has 2 atom stereocenters. The van der Waals surface area contributed by atoms with Gasteiger partial charge in [-0.2, -0.15) is 5.10 Å². The number of nitrogens with one attached hydrogen (secondary N) is 1. The standard InChI is InChI=1S/C19H22FN3O2S.C11H20N4/c1-13-6-9-19(24)23(3)10-4-5-15(11-13)14(2)22-17-8-7-16(20)12-18(17)26(21)25;1-4-15-10(2)11(9-12-15)14-7-5-13(3)6-8-14/h4-12,14,22H,21H2,1-3H3;9H,4-8H2,1-3H3. The molecule has 0 radical (unpaired) electrons. The summed E-state index contributed by atoms with van der Waals surface area (Å²) in [5, 5.41) is 13.1. The second-order valence-corrected chi connectivity index (χ2v) is 11.2. The Hall–Kier alpha value is -3.54. The van der Waals surface area contributed by atoms with Crippen LogP contribution in [0.2, 0.25) is 0 Å². The Morgan fingerprint density at radius 2 is 1.78 bits per heavy atom. The van der Waals surface area contributed by atoms with Crippen LogP contribution in [0, 0.1) is 19.7 Å². The summed E-state index contributed by atoms with van der Waals surface area (Å²) in [6.07, 6.45) is 3.68. The molecule has 1 aliphatic rings. The van der Waals surface area contributed by atoms with Gasteiger partial charge in [-0.05, 0) is 64.6 Å². The van der Waals surface area contributed by atoms with E-state index >= 15 is 0 Å². The van der Waals surface area contributed by atoms with E-state index in [1.54, 1.807) is 25.4 Å². The first kappa shape index (κ1) is 32.0. The van der Waals surface area contributed by atoms with Crippen LogP contribution in [0.15, 0.2) is 70.6 Å². The fraction of sp³-hybridized carbons (Fsp3) is 0.400. The summed E-state index contributed by atoms with van der Waals surface area (Å²) in [5.74, 6) is -0.494. The number of rotatable bonds is 6. The second kappa shape index (κ2) is 14.9. The third-order valence-corrected chi connectivity index (χ3v) is 7.85. The van der Waals surface area contributed by atoms with E-state index in [1.807, 2.05) is 32.2 Å². The molecule has 222 valence electrons. The van der Waals surface area contributed by atoms with Gasteiger partial charge in [0, 0.05) is 58.1 Å². The third-order valence-electron chi connectivity index (χ3n) is 7.08. The molecule has 9 nitrogen and oxygen atoms in total. The zero-order valence-corrected chi connectivity index (χ0v) is 25.6. The average Bonchev–Trinajstić information content (AvgIpc) is 3.32. The van der Waals surface area contributed by atoms with Crippen LogP contribution in [0.4, 0.5) is 15.8 Å². The molecule has 1 saturated heterocycles. The van der Waals surface area contributed by atoms with Crippen molar-refractivity contribution in [2.24, 2.45) is 12.2 Å². The van der Waals surface area contributed by atoms with E-state index in [2.05, 4.69) is 45.8 Å². The molecular weight excluding hydrogens is 541 g/mol. The first-order chi connectivity index (χ1) is 19.5. The molecule has 3 heterocycles. The lowest BCUT2D eigenvalue weighted by atomic mass is 10.1. The number of hydrogen-bond acceptors (Lipinski definition) is 6. The molecule has 0 aliphatic carbocycles. The number of halogens is 1. The maximum Gasteiger partial charge on any atom is 0.250 e. The topological polar surface area (TPSA) is 101 Å². The maximum absolute atomic E-state index is 13.4. The van der Waals surface area contributed by atoms with Crippen LogP contribution in [0.1, 0.15) is 36.7 Å². The molecule has 0 spiro atoms. The Kier molecular flexibility index (Phi) is 11.6. The summed E-state index contributed by atoms with van der Waals surface area (Å²) in [5.41, 5.74) is 4.84. The van der Waals surface area contributed by atoms with E-state index in [9.17, 15) is 13.4 Å². The van der Waals surface area contributed by atoms with Gasteiger partial charge in [-0.15, -0.1) is 0 Å². The van der Waals surface area contributed by atoms with Crippen molar-refractivity contribution < 1.29 is 8.60 Å². The second-order valence-electron chi connectivity index (χ2n) is 10.2. The van der Waals surface area contributed by atoms with Gasteiger partial charge < -0.3 is 19.7 Å². The smallest absolute Gasteiger partial charge is 0.250 e. The van der Waals surface area contributed by atoms with Crippen molar-refractivity contribution in [1.29, 1.82) is 0 Å². The summed E-state index contributed by atoms with van der Waals surface area (Å²) in [4.78, 5) is 16.8. The molecule has 3 aromatic rings. The first-order valence-corrected chi connectivity index (χ1v) is 14.9. The van der Waals surface area contributed by atoms with E-state index in [0.29, 0.717) is 5.69 Å². The normalized spacial score (nSPS) is 14.9. The van der Waals surface area contributed by atoms with Crippen LogP contribution in [0.25, 0.3) is 0 Å². The summed E-state index contributed by atoms with van der Waals surface area (Å²) in [6, 6.07) is 12.7. The van der Waals surface area contributed by atoms with Crippen molar-refractivity contribution in [3.8, 4) is 0 Å². The zero-order valence-electron chi connectivity index (χ0n) is 24.8. The maximum atomic E-state index is 13.4. The SMILES string of the molecule is CCn1ncc(N2CCN(C)CC2)c1C.Cc1ccc(=O)n(C)cccc(C(C)Nc2ccc(F)cc2S(N)=O)c1. The highest BCUT2D eigenvalue weighted by molar-refractivity contribution is 7.82. The molecule has 1 aromatic carbocycles. The van der Waals surface area contributed by atoms with Crippen LogP contribution < -0.4 is 20.9 Å². The van der Waals surface area contributed by atoms with E-state index in [4.69, 9.17) is 5.14 Å². The monoisotopic (exact) mass is 583 g/mol. The molecule has 0 saturated carbocycles. The Morgan fingerprint density at radius 3 is 2.41 bits per heavy atom. The minimum absolute atomic E-state index is 0.113. The van der Waals surface area contributed by atoms with Gasteiger partial charge in [0.25, 0.3) is 0 Å². The predicted octanol–water partition coefficient (Wildman–Crippen LogP) is 4.07. The lowest BCUT2D eigenvalue weighted by molar-refractivity contribution is 0.312. The van der Waals surface area contributed by atoms with Gasteiger partial charge in [0.05, 0.1) is 28.2 Å². The number of likely N-dealkylation sites (N-methyl/N-ethyl adjacent to an activating group) is 1. The summed E-state index contributed by atoms with van der Waals surface area (Å²) in [7, 11) is 2.06. The number of anilines is 2. The lowest BCUT2D eigenvalue weighted by Crippen LogP contribution is -2.44. The molecule has 1 fully saturated rings. The van der Waals surface area contributed by atoms with Crippen LogP contribution in [0.5, 0.6) is 0 Å². The first-order valence-electron chi connectivity index (χ1n) is 13.7. The highest BCUT2D eigenvalue weighted by Crippen LogP contribution is 2.25. The quantitative estimate of drug-likeness (QED) is 0.454. The van der Waals surface area contributed by atoms with Gasteiger partial charge in [0.2, 0.25) is 5.56 Å². The molecule has 2 unspecified atom stereocenters. The number of hydrogen-bond donors (Lipinski definition) is 2. The van der Waals surface area contributed by atoms with Gasteiger partial charge in [0.1, 0.15) is 16.8 Å². The van der Waals surface area contributed by atoms with Crippen molar-refractivity contribution in [3.05, 3.63) is 93.9 Å². The molecule has 0 amide bonds. The van der Waals surface area contributed by atoms with Crippen molar-refractivity contribution in [1.82, 2.24) is 19.2 Å². The number of piperazine rings is 1. The van der Waals surface area contributed by atoms with E-state index < -0.39 is 16.8 Å². The fourth-order valence-corrected chi connectivity index (χ4v) is 5.09. The van der Waals surface area contributed by atoms with Gasteiger partial charge in [-0.1, -0.05) is 23.8 Å². The van der Waals surface area contributed by atoms with Crippen LogP contribution >= 0.6 is 0 Å². The summed E-state index contributed by atoms with van der Waals surface area (Å²) < 4.78 is 28.6. The minimum atomic E-state index is -1.81. The molecule has 2 aromatic heterocycles. The van der Waals surface area contributed by atoms with Gasteiger partial charge >= 0.3 is 0 Å². The lowest BCUT2D eigenvalue weighted by Gasteiger charge is -2.33. The number of benzene rings is 1. The summed E-state index contributed by atoms with van der Waals surface area (Å²) >= 11 is 0. The Labute approximate surface area is 244 Å². The number of nitrogens with zero attached hydrogens (tertiary/aromatic N) is 5. The van der Waals surface area contributed by atoms with Crippen LogP contribution in [-0.4, -0.2) is 56.7 Å². The Balaban J connectivity index is 0.000000260. The van der Waals surface area contributed by atoms with Crippen LogP contribution in [0.3, 0.4) is 0 Å². The Morgan fingerprint density at radius 1 is 1.07 bits per heavy atom. The van der Waals surface area contributed by atoms with E-state index in [-0.39, 0.29) is 16.5 Å². The number of aryl methyl sites for hydroxylation is 3. The van der Waals surface area contributed by atoms with Gasteiger partial charge in [-0.3, -0.25) is 9.48 Å². The van der Waals surface area contributed by atoms with Crippen molar-refractivity contribution >= 4 is 22.4 Å². The largest absolute Gasteiger partial charge is 0.377 e. The predicted molar refractivity (Wildman–Crippen MR) is 165 cm³/mol. The highest BCUT2D eigenvalue weighted by Gasteiger charge is 2.18. The van der Waals surface area contributed by atoms with Crippen molar-refractivity contribution in [2.75, 3.05) is 43.4 Å². The average molecular weight is 584 g/mol. The van der Waals surface area contributed by atoms with Gasteiger partial charge in [0.15, 0.2) is 0 Å². The molecule has 3 N–H and O–H groups in total. The Bertz CT molecular complexity index is 1460. The number of aromatic nitrogens is 3. The molecule has 1 aliphatic heterocycles. The van der Waals surface area contributed by atoms with E-state index in [1.165, 1.54) is 34.1 Å². The molecule has 11 heteroatoms. The minimum Gasteiger partial charge on any atom is -0.377 e. The zero-order chi connectivity index (χ0) is 30.1. The number of nitrogens with two attached hydrogens (primary N) is 1. The molecule has 41 heavy (non-hydrogen) atoms. The van der Waals surface area contributed by atoms with Crippen LogP contribution in [-0.2, 0) is 24.6 Å². The van der Waals surface area contributed by atoms with E-state index in [0.717, 1.165) is 49.9 Å². The third kappa shape index (κ3) is 8.97. The molecular formula is C30H42FN7O2S. The highest BCUT2D eigenvalue weighted by atomic mass is 32.2. The van der Waals surface area contributed by atoms with Crippen molar-refractivity contribution in [3.63, 3.8) is 0 Å². The summed E-state index contributed by atoms with van der Waals surface area (Å²) in [6.45, 7) is 13.6. The van der Waals surface area contributed by atoms with Crippen molar-refractivity contribution in [2.45, 2.75) is 45.2 Å². The van der Waals surface area contributed by atoms with Gasteiger partial charge in [-0.25, -0.2) is 13.7 Å².